The van der Waals surface area contributed by atoms with Gasteiger partial charge >= 0.3 is 0 Å². The number of piperidine rings is 1. The van der Waals surface area contributed by atoms with Crippen LogP contribution in [0.5, 0.6) is 0 Å². The Hall–Kier alpha value is -2.49. The van der Waals surface area contributed by atoms with Crippen molar-refractivity contribution in [1.82, 2.24) is 20.3 Å². The maximum atomic E-state index is 13.2. The molecule has 158 valence electrons. The number of aromatic amines is 1. The van der Waals surface area contributed by atoms with Crippen molar-refractivity contribution >= 4 is 33.3 Å². The number of para-hydroxylation sites is 1. The predicted octanol–water partition coefficient (Wildman–Crippen LogP) is 2.29. The van der Waals surface area contributed by atoms with E-state index in [0.29, 0.717) is 28.3 Å². The zero-order valence-corrected chi connectivity index (χ0v) is 17.8. The Morgan fingerprint density at radius 1 is 1.30 bits per heavy atom. The second-order valence-corrected chi connectivity index (χ2v) is 9.04. The standard InChI is InChI=1S/C21H26N6O2S/c1-29-12-13-10-27(11-13)21-25-18(23-14-5-4-8-22-9-14)17(19(28)26-21)20-24-15-6-2-3-7-16(15)30-20/h2-3,6-7,13-14,22H,4-5,8-12H2,1H3,(H2,23,25,26,28). The number of rotatable bonds is 6. The Morgan fingerprint density at radius 2 is 2.17 bits per heavy atom. The number of ether oxygens (including phenoxy) is 1. The van der Waals surface area contributed by atoms with Gasteiger partial charge in [0.2, 0.25) is 5.95 Å². The molecule has 0 spiro atoms. The molecule has 30 heavy (non-hydrogen) atoms. The predicted molar refractivity (Wildman–Crippen MR) is 121 cm³/mol. The van der Waals surface area contributed by atoms with Crippen molar-refractivity contribution in [3.05, 3.63) is 34.6 Å². The van der Waals surface area contributed by atoms with Gasteiger partial charge in [-0.3, -0.25) is 9.78 Å². The Morgan fingerprint density at radius 3 is 2.93 bits per heavy atom. The number of nitrogens with one attached hydrogen (secondary N) is 3. The SMILES string of the molecule is COCC1CN(c2nc(NC3CCCNC3)c(-c3nc4ccccc4s3)c(=O)[nH]2)C1. The quantitative estimate of drug-likeness (QED) is 0.557. The molecule has 0 saturated carbocycles. The lowest BCUT2D eigenvalue weighted by Crippen LogP contribution is -2.50. The molecule has 2 aliphatic heterocycles. The van der Waals surface area contributed by atoms with Crippen LogP contribution in [0.1, 0.15) is 12.8 Å². The summed E-state index contributed by atoms with van der Waals surface area (Å²) in [5.41, 5.74) is 1.27. The molecule has 2 saturated heterocycles. The third-order valence-electron chi connectivity index (χ3n) is 5.71. The van der Waals surface area contributed by atoms with Crippen molar-refractivity contribution in [2.45, 2.75) is 18.9 Å². The van der Waals surface area contributed by atoms with Gasteiger partial charge in [-0.15, -0.1) is 11.3 Å². The van der Waals surface area contributed by atoms with Gasteiger partial charge in [-0.1, -0.05) is 12.1 Å². The Balaban J connectivity index is 1.52. The highest BCUT2D eigenvalue weighted by molar-refractivity contribution is 7.21. The van der Waals surface area contributed by atoms with E-state index in [0.717, 1.165) is 55.8 Å². The summed E-state index contributed by atoms with van der Waals surface area (Å²) in [6.07, 6.45) is 2.16. The summed E-state index contributed by atoms with van der Waals surface area (Å²) >= 11 is 1.52. The number of hydrogen-bond donors (Lipinski definition) is 3. The number of anilines is 2. The highest BCUT2D eigenvalue weighted by atomic mass is 32.1. The van der Waals surface area contributed by atoms with Crippen LogP contribution < -0.4 is 21.1 Å². The second kappa shape index (κ2) is 8.33. The number of methoxy groups -OCH3 is 1. The maximum Gasteiger partial charge on any atom is 0.264 e. The molecule has 2 aliphatic rings. The van der Waals surface area contributed by atoms with Crippen LogP contribution >= 0.6 is 11.3 Å². The van der Waals surface area contributed by atoms with Crippen LogP contribution in [-0.2, 0) is 4.74 Å². The minimum absolute atomic E-state index is 0.152. The fraction of sp³-hybridized carbons (Fsp3) is 0.476. The van der Waals surface area contributed by atoms with Crippen LogP contribution in [0.4, 0.5) is 11.8 Å². The summed E-state index contributed by atoms with van der Waals surface area (Å²) in [4.78, 5) is 27.8. The van der Waals surface area contributed by atoms with E-state index < -0.39 is 0 Å². The zero-order valence-electron chi connectivity index (χ0n) is 17.0. The van der Waals surface area contributed by atoms with Gasteiger partial charge in [-0.2, -0.15) is 4.98 Å². The molecule has 9 heteroatoms. The molecular formula is C21H26N6O2S. The van der Waals surface area contributed by atoms with E-state index in [1.165, 1.54) is 11.3 Å². The van der Waals surface area contributed by atoms with Crippen molar-refractivity contribution in [2.24, 2.45) is 5.92 Å². The summed E-state index contributed by atoms with van der Waals surface area (Å²) in [7, 11) is 1.72. The van der Waals surface area contributed by atoms with Crippen LogP contribution in [-0.4, -0.2) is 60.9 Å². The average molecular weight is 427 g/mol. The van der Waals surface area contributed by atoms with Gasteiger partial charge in [0, 0.05) is 38.7 Å². The molecule has 0 amide bonds. The molecule has 0 bridgehead atoms. The van der Waals surface area contributed by atoms with Gasteiger partial charge in [0.15, 0.2) is 0 Å². The lowest BCUT2D eigenvalue weighted by molar-refractivity contribution is 0.136. The van der Waals surface area contributed by atoms with E-state index in [4.69, 9.17) is 14.7 Å². The first-order chi connectivity index (χ1) is 14.7. The third kappa shape index (κ3) is 3.80. The second-order valence-electron chi connectivity index (χ2n) is 8.01. The molecule has 0 radical (unpaired) electrons. The number of H-pyrrole nitrogens is 1. The smallest absolute Gasteiger partial charge is 0.264 e. The molecule has 4 heterocycles. The average Bonchev–Trinajstić information content (AvgIpc) is 3.14. The molecule has 0 aliphatic carbocycles. The van der Waals surface area contributed by atoms with E-state index >= 15 is 0 Å². The molecule has 1 unspecified atom stereocenters. The first-order valence-corrected chi connectivity index (χ1v) is 11.2. The number of aromatic nitrogens is 3. The van der Waals surface area contributed by atoms with E-state index in [9.17, 15) is 4.79 Å². The first kappa shape index (κ1) is 19.5. The number of hydrogen-bond acceptors (Lipinski definition) is 8. The number of fused-ring (bicyclic) bond motifs is 1. The van der Waals surface area contributed by atoms with Crippen molar-refractivity contribution < 1.29 is 4.74 Å². The Kier molecular flexibility index (Phi) is 5.41. The van der Waals surface area contributed by atoms with Crippen LogP contribution in [0, 0.1) is 5.92 Å². The highest BCUT2D eigenvalue weighted by Gasteiger charge is 2.30. The molecule has 5 rings (SSSR count). The van der Waals surface area contributed by atoms with Crippen LogP contribution in [0.3, 0.4) is 0 Å². The molecule has 2 aromatic heterocycles. The monoisotopic (exact) mass is 426 g/mol. The van der Waals surface area contributed by atoms with Gasteiger partial charge in [-0.05, 0) is 31.5 Å². The molecule has 1 atom stereocenters. The summed E-state index contributed by atoms with van der Waals surface area (Å²) in [5, 5.41) is 7.65. The van der Waals surface area contributed by atoms with Crippen molar-refractivity contribution in [3.63, 3.8) is 0 Å². The lowest BCUT2D eigenvalue weighted by atomic mass is 10.0. The molecular weight excluding hydrogens is 400 g/mol. The lowest BCUT2D eigenvalue weighted by Gasteiger charge is -2.39. The first-order valence-electron chi connectivity index (χ1n) is 10.4. The van der Waals surface area contributed by atoms with Crippen LogP contribution in [0.25, 0.3) is 20.8 Å². The number of thiazole rings is 1. The van der Waals surface area contributed by atoms with Gasteiger partial charge in [0.05, 0.1) is 16.8 Å². The fourth-order valence-corrected chi connectivity index (χ4v) is 5.15. The molecule has 3 N–H and O–H groups in total. The summed E-state index contributed by atoms with van der Waals surface area (Å²) in [6, 6.07) is 8.19. The van der Waals surface area contributed by atoms with Gasteiger partial charge in [0.1, 0.15) is 16.4 Å². The zero-order chi connectivity index (χ0) is 20.5. The molecule has 2 fully saturated rings. The summed E-state index contributed by atoms with van der Waals surface area (Å²) in [6.45, 7) is 4.29. The van der Waals surface area contributed by atoms with Crippen molar-refractivity contribution in [3.8, 4) is 10.6 Å². The number of benzene rings is 1. The fourth-order valence-electron chi connectivity index (χ4n) is 4.15. The van der Waals surface area contributed by atoms with Crippen molar-refractivity contribution in [2.75, 3.05) is 50.1 Å². The van der Waals surface area contributed by atoms with E-state index in [1.807, 2.05) is 24.3 Å². The third-order valence-corrected chi connectivity index (χ3v) is 6.77. The molecule has 1 aromatic carbocycles. The number of nitrogens with zero attached hydrogens (tertiary/aromatic N) is 3. The normalized spacial score (nSPS) is 19.8. The van der Waals surface area contributed by atoms with Gasteiger partial charge in [0.25, 0.3) is 5.56 Å². The minimum atomic E-state index is -0.152. The van der Waals surface area contributed by atoms with Gasteiger partial charge < -0.3 is 20.3 Å². The summed E-state index contributed by atoms with van der Waals surface area (Å²) in [5.74, 6) is 1.71. The van der Waals surface area contributed by atoms with E-state index in [1.54, 1.807) is 7.11 Å². The van der Waals surface area contributed by atoms with Crippen LogP contribution in [0.15, 0.2) is 29.1 Å². The Bertz CT molecular complexity index is 1050. The summed E-state index contributed by atoms with van der Waals surface area (Å²) < 4.78 is 6.30. The van der Waals surface area contributed by atoms with E-state index in [2.05, 4.69) is 20.5 Å². The maximum absolute atomic E-state index is 13.2. The largest absolute Gasteiger partial charge is 0.384 e. The highest BCUT2D eigenvalue weighted by Crippen LogP contribution is 2.33. The topological polar surface area (TPSA) is 95.2 Å². The van der Waals surface area contributed by atoms with Crippen LogP contribution in [0.2, 0.25) is 0 Å². The minimum Gasteiger partial charge on any atom is -0.384 e. The van der Waals surface area contributed by atoms with Gasteiger partial charge in [-0.25, -0.2) is 4.98 Å². The van der Waals surface area contributed by atoms with E-state index in [-0.39, 0.29) is 11.6 Å². The molecule has 8 nitrogen and oxygen atoms in total. The molecule has 3 aromatic rings. The van der Waals surface area contributed by atoms with Crippen molar-refractivity contribution in [1.29, 1.82) is 0 Å². The Labute approximate surface area is 178 Å².